The maximum atomic E-state index is 11.9. The number of nitrogen functional groups attached to an aromatic ring is 1. The van der Waals surface area contributed by atoms with Gasteiger partial charge in [-0.1, -0.05) is 6.07 Å². The predicted molar refractivity (Wildman–Crippen MR) is 75.6 cm³/mol. The smallest absolute Gasteiger partial charge is 0.342 e. The van der Waals surface area contributed by atoms with Crippen molar-refractivity contribution in [2.45, 2.75) is 26.8 Å². The first-order valence-electron chi connectivity index (χ1n) is 6.43. The molecule has 0 unspecified atom stereocenters. The van der Waals surface area contributed by atoms with Crippen LogP contribution in [0.15, 0.2) is 18.2 Å². The van der Waals surface area contributed by atoms with Gasteiger partial charge in [0.1, 0.15) is 5.56 Å². The fourth-order valence-corrected chi connectivity index (χ4v) is 1.59. The Bertz CT molecular complexity index is 486. The van der Waals surface area contributed by atoms with Crippen LogP contribution in [-0.2, 0) is 9.53 Å². The molecule has 6 nitrogen and oxygen atoms in total. The van der Waals surface area contributed by atoms with Crippen LogP contribution in [0, 0.1) is 0 Å². The Hall–Kier alpha value is -2.24. The summed E-state index contributed by atoms with van der Waals surface area (Å²) in [6.45, 7) is 5.48. The molecule has 0 fully saturated rings. The van der Waals surface area contributed by atoms with Crippen molar-refractivity contribution in [2.75, 3.05) is 18.9 Å². The van der Waals surface area contributed by atoms with Crippen molar-refractivity contribution >= 4 is 17.6 Å². The molecule has 110 valence electrons. The van der Waals surface area contributed by atoms with E-state index in [9.17, 15) is 9.59 Å². The van der Waals surface area contributed by atoms with Crippen LogP contribution in [0.1, 0.15) is 31.1 Å². The summed E-state index contributed by atoms with van der Waals surface area (Å²) in [4.78, 5) is 23.4. The number of amides is 1. The van der Waals surface area contributed by atoms with Crippen molar-refractivity contribution < 1.29 is 19.1 Å². The van der Waals surface area contributed by atoms with Crippen LogP contribution < -0.4 is 15.8 Å². The zero-order chi connectivity index (χ0) is 15.1. The van der Waals surface area contributed by atoms with Crippen LogP contribution in [0.4, 0.5) is 5.69 Å². The number of benzene rings is 1. The lowest BCUT2D eigenvalue weighted by Gasteiger charge is -2.12. The Morgan fingerprint density at radius 2 is 2.05 bits per heavy atom. The molecule has 0 radical (unpaired) electrons. The minimum atomic E-state index is -0.639. The topological polar surface area (TPSA) is 90.7 Å². The van der Waals surface area contributed by atoms with E-state index in [0.717, 1.165) is 0 Å². The molecule has 20 heavy (non-hydrogen) atoms. The number of carbonyl (C=O) groups is 2. The minimum absolute atomic E-state index is 0.00689. The summed E-state index contributed by atoms with van der Waals surface area (Å²) in [5.74, 6) is -0.709. The van der Waals surface area contributed by atoms with E-state index in [1.807, 2.05) is 13.8 Å². The molecule has 0 saturated heterocycles. The Kier molecular flexibility index (Phi) is 5.83. The summed E-state index contributed by atoms with van der Waals surface area (Å²) in [6, 6.07) is 4.80. The number of anilines is 1. The number of rotatable bonds is 6. The van der Waals surface area contributed by atoms with E-state index >= 15 is 0 Å². The second-order valence-electron chi connectivity index (χ2n) is 4.46. The fourth-order valence-electron chi connectivity index (χ4n) is 1.59. The van der Waals surface area contributed by atoms with Crippen LogP contribution >= 0.6 is 0 Å². The molecular weight excluding hydrogens is 260 g/mol. The number of nitrogens with two attached hydrogens (primary N) is 1. The summed E-state index contributed by atoms with van der Waals surface area (Å²) >= 11 is 0. The largest absolute Gasteiger partial charge is 0.491 e. The first-order valence-corrected chi connectivity index (χ1v) is 6.43. The zero-order valence-electron chi connectivity index (χ0n) is 11.9. The molecule has 1 aromatic carbocycles. The van der Waals surface area contributed by atoms with Gasteiger partial charge in [0.15, 0.2) is 12.4 Å². The number of para-hydroxylation sites is 1. The summed E-state index contributed by atoms with van der Waals surface area (Å²) in [5, 5.41) is 2.63. The lowest BCUT2D eigenvalue weighted by atomic mass is 10.2. The van der Waals surface area contributed by atoms with E-state index in [-0.39, 0.29) is 29.9 Å². The lowest BCUT2D eigenvalue weighted by molar-refractivity contribution is -0.124. The molecule has 3 N–H and O–H groups in total. The van der Waals surface area contributed by atoms with Crippen LogP contribution in [0.25, 0.3) is 0 Å². The molecule has 1 rings (SSSR count). The van der Waals surface area contributed by atoms with Gasteiger partial charge in [0.05, 0.1) is 12.3 Å². The first-order chi connectivity index (χ1) is 9.45. The molecule has 0 atom stereocenters. The van der Waals surface area contributed by atoms with E-state index in [2.05, 4.69) is 5.32 Å². The molecule has 0 bridgehead atoms. The third-order valence-corrected chi connectivity index (χ3v) is 2.34. The SMILES string of the molecule is CCOc1c(N)cccc1C(=O)OCC(=O)NC(C)C. The average Bonchev–Trinajstić information content (AvgIpc) is 2.37. The van der Waals surface area contributed by atoms with Gasteiger partial charge in [-0.05, 0) is 32.9 Å². The van der Waals surface area contributed by atoms with Crippen molar-refractivity contribution in [3.8, 4) is 5.75 Å². The monoisotopic (exact) mass is 280 g/mol. The molecule has 0 aliphatic heterocycles. The number of hydrogen-bond donors (Lipinski definition) is 2. The third-order valence-electron chi connectivity index (χ3n) is 2.34. The second kappa shape index (κ2) is 7.37. The van der Waals surface area contributed by atoms with Gasteiger partial charge in [-0.2, -0.15) is 0 Å². The van der Waals surface area contributed by atoms with Gasteiger partial charge < -0.3 is 20.5 Å². The molecule has 0 heterocycles. The summed E-state index contributed by atoms with van der Waals surface area (Å²) in [5.41, 5.74) is 6.32. The van der Waals surface area contributed by atoms with Crippen LogP contribution in [0.2, 0.25) is 0 Å². The molecule has 0 aliphatic carbocycles. The molecule has 1 aromatic rings. The summed E-state index contributed by atoms with van der Waals surface area (Å²) < 4.78 is 10.3. The highest BCUT2D eigenvalue weighted by Gasteiger charge is 2.17. The zero-order valence-corrected chi connectivity index (χ0v) is 11.9. The number of nitrogens with one attached hydrogen (secondary N) is 1. The lowest BCUT2D eigenvalue weighted by Crippen LogP contribution is -2.34. The van der Waals surface area contributed by atoms with Crippen molar-refractivity contribution in [1.29, 1.82) is 0 Å². The van der Waals surface area contributed by atoms with Crippen molar-refractivity contribution in [1.82, 2.24) is 5.32 Å². The van der Waals surface area contributed by atoms with Gasteiger partial charge in [-0.15, -0.1) is 0 Å². The predicted octanol–water partition coefficient (Wildman–Crippen LogP) is 1.35. The highest BCUT2D eigenvalue weighted by molar-refractivity contribution is 5.95. The molecule has 0 aliphatic rings. The van der Waals surface area contributed by atoms with E-state index in [4.69, 9.17) is 15.2 Å². The van der Waals surface area contributed by atoms with Crippen LogP contribution in [-0.4, -0.2) is 31.1 Å². The van der Waals surface area contributed by atoms with Crippen molar-refractivity contribution in [3.05, 3.63) is 23.8 Å². The van der Waals surface area contributed by atoms with Crippen LogP contribution in [0.5, 0.6) is 5.75 Å². The van der Waals surface area contributed by atoms with Gasteiger partial charge in [0.2, 0.25) is 0 Å². The standard InChI is InChI=1S/C14H20N2O4/c1-4-19-13-10(6-5-7-11(13)15)14(18)20-8-12(17)16-9(2)3/h5-7,9H,4,8,15H2,1-3H3,(H,16,17). The number of ether oxygens (including phenoxy) is 2. The maximum absolute atomic E-state index is 11.9. The summed E-state index contributed by atoms with van der Waals surface area (Å²) in [7, 11) is 0. The highest BCUT2D eigenvalue weighted by Crippen LogP contribution is 2.26. The first kappa shape index (κ1) is 15.8. The van der Waals surface area contributed by atoms with Crippen molar-refractivity contribution in [2.24, 2.45) is 0 Å². The van der Waals surface area contributed by atoms with E-state index in [1.54, 1.807) is 25.1 Å². The Labute approximate surface area is 118 Å². The number of carbonyl (C=O) groups excluding carboxylic acids is 2. The van der Waals surface area contributed by atoms with Gasteiger partial charge in [0.25, 0.3) is 5.91 Å². The molecule has 0 saturated carbocycles. The quantitative estimate of drug-likeness (QED) is 0.606. The molecule has 0 spiro atoms. The van der Waals surface area contributed by atoms with E-state index in [1.165, 1.54) is 0 Å². The van der Waals surface area contributed by atoms with Crippen molar-refractivity contribution in [3.63, 3.8) is 0 Å². The fraction of sp³-hybridized carbons (Fsp3) is 0.429. The van der Waals surface area contributed by atoms with Gasteiger partial charge in [-0.3, -0.25) is 4.79 Å². The Balaban J connectivity index is 2.73. The van der Waals surface area contributed by atoms with E-state index in [0.29, 0.717) is 12.3 Å². The van der Waals surface area contributed by atoms with Gasteiger partial charge in [0, 0.05) is 6.04 Å². The minimum Gasteiger partial charge on any atom is -0.491 e. The highest BCUT2D eigenvalue weighted by atomic mass is 16.5. The Morgan fingerprint density at radius 3 is 2.65 bits per heavy atom. The number of esters is 1. The van der Waals surface area contributed by atoms with Gasteiger partial charge in [-0.25, -0.2) is 4.79 Å². The molecule has 6 heteroatoms. The Morgan fingerprint density at radius 1 is 1.35 bits per heavy atom. The van der Waals surface area contributed by atoms with Gasteiger partial charge >= 0.3 is 5.97 Å². The number of hydrogen-bond acceptors (Lipinski definition) is 5. The maximum Gasteiger partial charge on any atom is 0.342 e. The second-order valence-corrected chi connectivity index (χ2v) is 4.46. The molecule has 1 amide bonds. The third kappa shape index (κ3) is 4.46. The molecule has 0 aromatic heterocycles. The average molecular weight is 280 g/mol. The summed E-state index contributed by atoms with van der Waals surface area (Å²) in [6.07, 6.45) is 0. The van der Waals surface area contributed by atoms with Crippen LogP contribution in [0.3, 0.4) is 0 Å². The normalized spacial score (nSPS) is 10.2. The molecular formula is C14H20N2O4. The van der Waals surface area contributed by atoms with E-state index < -0.39 is 5.97 Å².